The Morgan fingerprint density at radius 3 is 2.50 bits per heavy atom. The maximum absolute atomic E-state index is 11.0. The van der Waals surface area contributed by atoms with Crippen molar-refractivity contribution >= 4 is 11.6 Å². The average molecular weight is 248 g/mol. The lowest BCUT2D eigenvalue weighted by Gasteiger charge is -2.23. The maximum atomic E-state index is 11.0. The molecule has 0 aromatic heterocycles. The average Bonchev–Trinajstić information content (AvgIpc) is 2.56. The van der Waals surface area contributed by atoms with Crippen molar-refractivity contribution in [2.75, 3.05) is 5.32 Å². The highest BCUT2D eigenvalue weighted by molar-refractivity contribution is 5.93. The second kappa shape index (κ2) is 5.87. The van der Waals surface area contributed by atoms with Gasteiger partial charge in [-0.05, 0) is 37.1 Å². The molecule has 2 atom stereocenters. The molecule has 2 rings (SSSR count). The van der Waals surface area contributed by atoms with Crippen LogP contribution in [0.3, 0.4) is 0 Å². The third-order valence-corrected chi connectivity index (χ3v) is 3.50. The Balaban J connectivity index is 2.01. The van der Waals surface area contributed by atoms with Gasteiger partial charge in [-0.2, -0.15) is 0 Å². The zero-order valence-corrected chi connectivity index (χ0v) is 10.4. The minimum absolute atomic E-state index is 0.104. The van der Waals surface area contributed by atoms with E-state index in [2.05, 4.69) is 5.32 Å². The fourth-order valence-corrected chi connectivity index (χ4v) is 2.40. The van der Waals surface area contributed by atoms with Crippen LogP contribution in [0, 0.1) is 0 Å². The molecule has 1 amide bonds. The summed E-state index contributed by atoms with van der Waals surface area (Å²) in [6, 6.07) is 7.17. The highest BCUT2D eigenvalue weighted by Gasteiger charge is 2.21. The number of aliphatic hydroxyl groups is 1. The summed E-state index contributed by atoms with van der Waals surface area (Å²) in [7, 11) is 0. The number of primary amides is 1. The van der Waals surface area contributed by atoms with Crippen molar-refractivity contribution in [1.29, 1.82) is 0 Å². The topological polar surface area (TPSA) is 75.4 Å². The number of amides is 1. The highest BCUT2D eigenvalue weighted by Crippen LogP contribution is 2.21. The van der Waals surface area contributed by atoms with Crippen molar-refractivity contribution in [3.63, 3.8) is 0 Å². The van der Waals surface area contributed by atoms with Crippen molar-refractivity contribution in [3.05, 3.63) is 29.8 Å². The summed E-state index contributed by atoms with van der Waals surface area (Å²) < 4.78 is 0. The molecule has 1 aromatic rings. The molecule has 18 heavy (non-hydrogen) atoms. The molecule has 0 heterocycles. The van der Waals surface area contributed by atoms with Gasteiger partial charge in [0, 0.05) is 11.3 Å². The van der Waals surface area contributed by atoms with E-state index in [1.54, 1.807) is 12.1 Å². The fraction of sp³-hybridized carbons (Fsp3) is 0.500. The summed E-state index contributed by atoms with van der Waals surface area (Å²) in [6.07, 6.45) is 4.99. The zero-order valence-electron chi connectivity index (χ0n) is 10.4. The van der Waals surface area contributed by atoms with E-state index in [1.807, 2.05) is 12.1 Å². The molecule has 4 nitrogen and oxygen atoms in total. The Kier molecular flexibility index (Phi) is 4.20. The maximum Gasteiger partial charge on any atom is 0.248 e. The molecule has 4 N–H and O–H groups in total. The van der Waals surface area contributed by atoms with Gasteiger partial charge < -0.3 is 16.2 Å². The van der Waals surface area contributed by atoms with Crippen LogP contribution in [0.5, 0.6) is 0 Å². The molecule has 1 fully saturated rings. The van der Waals surface area contributed by atoms with E-state index in [9.17, 15) is 9.90 Å². The molecular formula is C14H20N2O2. The summed E-state index contributed by atoms with van der Waals surface area (Å²) in [5, 5.41) is 13.4. The second-order valence-electron chi connectivity index (χ2n) is 4.90. The summed E-state index contributed by atoms with van der Waals surface area (Å²) in [5.41, 5.74) is 6.62. The molecule has 1 aromatic carbocycles. The van der Waals surface area contributed by atoms with Gasteiger partial charge in [0.05, 0.1) is 12.1 Å². The molecule has 0 aliphatic heterocycles. The van der Waals surface area contributed by atoms with Crippen LogP contribution in [0.2, 0.25) is 0 Å². The molecule has 98 valence electrons. The van der Waals surface area contributed by atoms with Crippen LogP contribution < -0.4 is 11.1 Å². The Morgan fingerprint density at radius 2 is 1.83 bits per heavy atom. The highest BCUT2D eigenvalue weighted by atomic mass is 16.3. The molecule has 1 aliphatic rings. The number of hydrogen-bond acceptors (Lipinski definition) is 3. The van der Waals surface area contributed by atoms with Crippen LogP contribution in [-0.4, -0.2) is 23.2 Å². The molecular weight excluding hydrogens is 228 g/mol. The lowest BCUT2D eigenvalue weighted by molar-refractivity contribution is 0.1000. The van der Waals surface area contributed by atoms with Crippen LogP contribution >= 0.6 is 0 Å². The van der Waals surface area contributed by atoms with Gasteiger partial charge in [0.15, 0.2) is 0 Å². The van der Waals surface area contributed by atoms with Crippen molar-refractivity contribution in [2.24, 2.45) is 5.73 Å². The van der Waals surface area contributed by atoms with E-state index in [0.29, 0.717) is 5.56 Å². The molecule has 0 spiro atoms. The first-order valence-electron chi connectivity index (χ1n) is 6.51. The summed E-state index contributed by atoms with van der Waals surface area (Å²) >= 11 is 0. The predicted octanol–water partition coefficient (Wildman–Crippen LogP) is 1.89. The van der Waals surface area contributed by atoms with E-state index in [1.165, 1.54) is 6.42 Å². The van der Waals surface area contributed by atoms with Crippen LogP contribution in [-0.2, 0) is 0 Å². The van der Waals surface area contributed by atoms with Gasteiger partial charge in [-0.1, -0.05) is 19.3 Å². The molecule has 1 aliphatic carbocycles. The number of aliphatic hydroxyl groups excluding tert-OH is 1. The number of carbonyl (C=O) groups is 1. The largest absolute Gasteiger partial charge is 0.391 e. The number of nitrogens with two attached hydrogens (primary N) is 1. The van der Waals surface area contributed by atoms with Gasteiger partial charge in [0.25, 0.3) is 0 Å². The number of anilines is 1. The molecule has 0 saturated heterocycles. The van der Waals surface area contributed by atoms with Crippen LogP contribution in [0.1, 0.15) is 42.5 Å². The molecule has 4 heteroatoms. The Morgan fingerprint density at radius 1 is 1.17 bits per heavy atom. The minimum atomic E-state index is -0.420. The summed E-state index contributed by atoms with van der Waals surface area (Å²) in [6.45, 7) is 0. The summed E-state index contributed by atoms with van der Waals surface area (Å²) in [4.78, 5) is 11.0. The number of nitrogens with one attached hydrogen (secondary N) is 1. The van der Waals surface area contributed by atoms with Crippen molar-refractivity contribution < 1.29 is 9.90 Å². The van der Waals surface area contributed by atoms with E-state index >= 15 is 0 Å². The van der Waals surface area contributed by atoms with Crippen LogP contribution in [0.15, 0.2) is 24.3 Å². The smallest absolute Gasteiger partial charge is 0.248 e. The molecule has 1 saturated carbocycles. The lowest BCUT2D eigenvalue weighted by atomic mass is 10.1. The van der Waals surface area contributed by atoms with Gasteiger partial charge >= 0.3 is 0 Å². The number of rotatable bonds is 3. The van der Waals surface area contributed by atoms with Crippen LogP contribution in [0.25, 0.3) is 0 Å². The number of carbonyl (C=O) groups excluding carboxylic acids is 1. The fourth-order valence-electron chi connectivity index (χ4n) is 2.40. The third kappa shape index (κ3) is 3.23. The van der Waals surface area contributed by atoms with Crippen molar-refractivity contribution in [2.45, 2.75) is 44.2 Å². The number of hydrogen-bond donors (Lipinski definition) is 3. The van der Waals surface area contributed by atoms with Gasteiger partial charge in [-0.25, -0.2) is 0 Å². The Bertz CT molecular complexity index is 403. The Hall–Kier alpha value is -1.55. The SMILES string of the molecule is NC(=O)c1ccc(NC2CCCCCC2O)cc1. The summed E-state index contributed by atoms with van der Waals surface area (Å²) in [5.74, 6) is -0.420. The molecule has 2 unspecified atom stereocenters. The quantitative estimate of drug-likeness (QED) is 0.715. The van der Waals surface area contributed by atoms with E-state index in [0.717, 1.165) is 31.4 Å². The van der Waals surface area contributed by atoms with Gasteiger partial charge in [0.1, 0.15) is 0 Å². The number of benzene rings is 1. The van der Waals surface area contributed by atoms with E-state index in [4.69, 9.17) is 5.73 Å². The molecule has 0 bridgehead atoms. The first-order valence-corrected chi connectivity index (χ1v) is 6.51. The first-order chi connectivity index (χ1) is 8.66. The monoisotopic (exact) mass is 248 g/mol. The minimum Gasteiger partial charge on any atom is -0.391 e. The third-order valence-electron chi connectivity index (χ3n) is 3.50. The van der Waals surface area contributed by atoms with Gasteiger partial charge in [-0.3, -0.25) is 4.79 Å². The normalized spacial score (nSPS) is 24.3. The first kappa shape index (κ1) is 12.9. The van der Waals surface area contributed by atoms with Crippen molar-refractivity contribution in [3.8, 4) is 0 Å². The lowest BCUT2D eigenvalue weighted by Crippen LogP contribution is -2.32. The van der Waals surface area contributed by atoms with E-state index in [-0.39, 0.29) is 12.1 Å². The zero-order chi connectivity index (χ0) is 13.0. The Labute approximate surface area is 107 Å². The predicted molar refractivity (Wildman–Crippen MR) is 71.5 cm³/mol. The molecule has 0 radical (unpaired) electrons. The van der Waals surface area contributed by atoms with Crippen LogP contribution in [0.4, 0.5) is 5.69 Å². The van der Waals surface area contributed by atoms with Gasteiger partial charge in [0.2, 0.25) is 5.91 Å². The van der Waals surface area contributed by atoms with Crippen molar-refractivity contribution in [1.82, 2.24) is 0 Å². The standard InChI is InChI=1S/C14H20N2O2/c15-14(18)10-6-8-11(9-7-10)16-12-4-2-1-3-5-13(12)17/h6-9,12-13,16-17H,1-5H2,(H2,15,18). The van der Waals surface area contributed by atoms with E-state index < -0.39 is 5.91 Å². The van der Waals surface area contributed by atoms with Gasteiger partial charge in [-0.15, -0.1) is 0 Å². The second-order valence-corrected chi connectivity index (χ2v) is 4.90.